The summed E-state index contributed by atoms with van der Waals surface area (Å²) in [5, 5.41) is 2.85. The summed E-state index contributed by atoms with van der Waals surface area (Å²) in [5.74, 6) is 0.786. The van der Waals surface area contributed by atoms with Crippen molar-refractivity contribution in [3.05, 3.63) is 23.3 Å². The highest BCUT2D eigenvalue weighted by Gasteiger charge is 2.48. The average Bonchev–Trinajstić information content (AvgIpc) is 2.88. The highest BCUT2D eigenvalue weighted by atomic mass is 19.3. The number of halogens is 2. The number of aromatic nitrogens is 2. The van der Waals surface area contributed by atoms with E-state index in [4.69, 9.17) is 0 Å². The van der Waals surface area contributed by atoms with E-state index in [1.54, 1.807) is 7.05 Å². The second kappa shape index (κ2) is 4.29. The highest BCUT2D eigenvalue weighted by Crippen LogP contribution is 2.57. The Morgan fingerprint density at radius 3 is 2.65 bits per heavy atom. The third-order valence-corrected chi connectivity index (χ3v) is 3.32. The molecule has 1 unspecified atom stereocenters. The minimum Gasteiger partial charge on any atom is -0.316 e. The first kappa shape index (κ1) is 12.4. The second-order valence-corrected chi connectivity index (χ2v) is 5.21. The van der Waals surface area contributed by atoms with Gasteiger partial charge in [-0.05, 0) is 18.9 Å². The van der Waals surface area contributed by atoms with E-state index in [9.17, 15) is 8.78 Å². The molecular weight excluding hydrogens is 224 g/mol. The quantitative estimate of drug-likeness (QED) is 0.880. The number of hydrogen-bond acceptors (Lipinski definition) is 3. The van der Waals surface area contributed by atoms with Gasteiger partial charge in [0.1, 0.15) is 11.5 Å². The van der Waals surface area contributed by atoms with Gasteiger partial charge in [-0.3, -0.25) is 0 Å². The van der Waals surface area contributed by atoms with E-state index in [2.05, 4.69) is 29.1 Å². The van der Waals surface area contributed by atoms with Gasteiger partial charge in [0.15, 0.2) is 0 Å². The van der Waals surface area contributed by atoms with Crippen LogP contribution in [0.5, 0.6) is 0 Å². The first-order chi connectivity index (χ1) is 7.95. The lowest BCUT2D eigenvalue weighted by molar-refractivity contribution is 0.144. The van der Waals surface area contributed by atoms with Crippen LogP contribution in [0.25, 0.3) is 0 Å². The van der Waals surface area contributed by atoms with Crippen molar-refractivity contribution in [1.29, 1.82) is 0 Å². The Hall–Kier alpha value is -1.10. The predicted molar refractivity (Wildman–Crippen MR) is 60.9 cm³/mol. The number of alkyl halides is 2. The van der Waals surface area contributed by atoms with E-state index in [1.807, 2.05) is 0 Å². The highest BCUT2D eigenvalue weighted by molar-refractivity contribution is 5.23. The van der Waals surface area contributed by atoms with Crippen LogP contribution in [0, 0.1) is 5.41 Å². The van der Waals surface area contributed by atoms with Gasteiger partial charge in [0.05, 0.1) is 0 Å². The molecule has 3 nitrogen and oxygen atoms in total. The topological polar surface area (TPSA) is 37.8 Å². The van der Waals surface area contributed by atoms with Gasteiger partial charge in [0.2, 0.25) is 0 Å². The van der Waals surface area contributed by atoms with Gasteiger partial charge in [-0.25, -0.2) is 18.7 Å². The summed E-state index contributed by atoms with van der Waals surface area (Å²) in [4.78, 5) is 8.26. The van der Waals surface area contributed by atoms with Crippen molar-refractivity contribution in [1.82, 2.24) is 15.3 Å². The molecule has 1 aliphatic carbocycles. The third kappa shape index (κ3) is 2.44. The van der Waals surface area contributed by atoms with Crippen LogP contribution >= 0.6 is 0 Å². The third-order valence-electron chi connectivity index (χ3n) is 3.32. The lowest BCUT2D eigenvalue weighted by Crippen LogP contribution is -2.12. The summed E-state index contributed by atoms with van der Waals surface area (Å²) < 4.78 is 25.8. The Balaban J connectivity index is 2.29. The number of nitrogens with zero attached hydrogens (tertiary/aromatic N) is 2. The van der Waals surface area contributed by atoms with Gasteiger partial charge < -0.3 is 5.32 Å². The Kier molecular flexibility index (Phi) is 3.12. The molecule has 1 aromatic heterocycles. The number of rotatable bonds is 4. The molecule has 0 bridgehead atoms. The molecule has 5 heteroatoms. The Morgan fingerprint density at radius 1 is 1.53 bits per heavy atom. The standard InChI is InChI=1S/C12H17F2N3/c1-12(2)4-8(12)11-16-6-7(5-15-3)9(17-11)10(13)14/h6,8,10,15H,4-5H2,1-3H3. The maximum atomic E-state index is 12.9. The van der Waals surface area contributed by atoms with E-state index >= 15 is 0 Å². The van der Waals surface area contributed by atoms with Crippen LogP contribution in [0.2, 0.25) is 0 Å². The van der Waals surface area contributed by atoms with Crippen LogP contribution in [0.1, 0.15) is 49.7 Å². The molecule has 17 heavy (non-hydrogen) atoms. The smallest absolute Gasteiger partial charge is 0.280 e. The molecule has 0 aliphatic heterocycles. The van der Waals surface area contributed by atoms with Crippen molar-refractivity contribution < 1.29 is 8.78 Å². The monoisotopic (exact) mass is 241 g/mol. The zero-order valence-corrected chi connectivity index (χ0v) is 10.3. The minimum atomic E-state index is -2.54. The van der Waals surface area contributed by atoms with Gasteiger partial charge in [-0.2, -0.15) is 0 Å². The van der Waals surface area contributed by atoms with Crippen LogP contribution in [0.3, 0.4) is 0 Å². The van der Waals surface area contributed by atoms with Gasteiger partial charge in [0.25, 0.3) is 6.43 Å². The van der Waals surface area contributed by atoms with Crippen LogP contribution in [0.15, 0.2) is 6.20 Å². The molecule has 1 aromatic rings. The molecule has 1 aliphatic rings. The van der Waals surface area contributed by atoms with Gasteiger partial charge in [-0.15, -0.1) is 0 Å². The molecule has 1 saturated carbocycles. The summed E-state index contributed by atoms with van der Waals surface area (Å²) in [6, 6.07) is 0. The predicted octanol–water partition coefficient (Wildman–Crippen LogP) is 2.65. The van der Waals surface area contributed by atoms with Gasteiger partial charge >= 0.3 is 0 Å². The molecule has 0 spiro atoms. The van der Waals surface area contributed by atoms with E-state index in [-0.39, 0.29) is 17.0 Å². The van der Waals surface area contributed by atoms with E-state index < -0.39 is 6.43 Å². The fourth-order valence-electron chi connectivity index (χ4n) is 2.03. The van der Waals surface area contributed by atoms with E-state index in [1.165, 1.54) is 6.20 Å². The molecule has 94 valence electrons. The number of nitrogens with one attached hydrogen (secondary N) is 1. The summed E-state index contributed by atoms with van der Waals surface area (Å²) in [7, 11) is 1.72. The molecule has 1 atom stereocenters. The molecule has 0 amide bonds. The minimum absolute atomic E-state index is 0.132. The maximum absolute atomic E-state index is 12.9. The largest absolute Gasteiger partial charge is 0.316 e. The van der Waals surface area contributed by atoms with Crippen molar-refractivity contribution in [2.45, 2.75) is 39.2 Å². The molecule has 1 fully saturated rings. The SMILES string of the molecule is CNCc1cnc(C2CC2(C)C)nc1C(F)F. The molecule has 1 N–H and O–H groups in total. The molecule has 1 heterocycles. The summed E-state index contributed by atoms with van der Waals surface area (Å²) >= 11 is 0. The van der Waals surface area contributed by atoms with Gasteiger partial charge in [-0.1, -0.05) is 13.8 Å². The first-order valence-electron chi connectivity index (χ1n) is 5.74. The van der Waals surface area contributed by atoms with Crippen LogP contribution < -0.4 is 5.32 Å². The van der Waals surface area contributed by atoms with Crippen molar-refractivity contribution in [2.24, 2.45) is 5.41 Å². The zero-order valence-electron chi connectivity index (χ0n) is 10.3. The Labute approximate surface area is 99.7 Å². The lowest BCUT2D eigenvalue weighted by atomic mass is 10.1. The summed E-state index contributed by atoms with van der Waals surface area (Å²) in [5.41, 5.74) is 0.501. The van der Waals surface area contributed by atoms with Crippen LogP contribution in [0.4, 0.5) is 8.78 Å². The van der Waals surface area contributed by atoms with Crippen molar-refractivity contribution >= 4 is 0 Å². The average molecular weight is 241 g/mol. The normalized spacial score (nSPS) is 21.9. The molecule has 2 rings (SSSR count). The van der Waals surface area contributed by atoms with Crippen molar-refractivity contribution in [3.63, 3.8) is 0 Å². The molecule has 0 saturated heterocycles. The fourth-order valence-corrected chi connectivity index (χ4v) is 2.03. The summed E-state index contributed by atoms with van der Waals surface area (Å²) in [6.07, 6.45) is -0.0440. The van der Waals surface area contributed by atoms with Crippen LogP contribution in [-0.2, 0) is 6.54 Å². The van der Waals surface area contributed by atoms with Crippen LogP contribution in [-0.4, -0.2) is 17.0 Å². The second-order valence-electron chi connectivity index (χ2n) is 5.21. The fraction of sp³-hybridized carbons (Fsp3) is 0.667. The van der Waals surface area contributed by atoms with Gasteiger partial charge in [0, 0.05) is 24.2 Å². The van der Waals surface area contributed by atoms with E-state index in [0.717, 1.165) is 6.42 Å². The Morgan fingerprint density at radius 2 is 2.18 bits per heavy atom. The number of hydrogen-bond donors (Lipinski definition) is 1. The van der Waals surface area contributed by atoms with Crippen molar-refractivity contribution in [2.75, 3.05) is 7.05 Å². The molecule has 0 radical (unpaired) electrons. The zero-order chi connectivity index (χ0) is 12.6. The molecular formula is C12H17F2N3. The first-order valence-corrected chi connectivity index (χ1v) is 5.74. The summed E-state index contributed by atoms with van der Waals surface area (Å²) in [6.45, 7) is 4.57. The molecule has 0 aromatic carbocycles. The Bertz CT molecular complexity index is 418. The lowest BCUT2D eigenvalue weighted by Gasteiger charge is -2.09. The van der Waals surface area contributed by atoms with Crippen molar-refractivity contribution in [3.8, 4) is 0 Å². The maximum Gasteiger partial charge on any atom is 0.280 e. The van der Waals surface area contributed by atoms with E-state index in [0.29, 0.717) is 17.9 Å².